The van der Waals surface area contributed by atoms with Gasteiger partial charge in [0.2, 0.25) is 11.8 Å². The number of hydrogen-bond donors (Lipinski definition) is 2. The van der Waals surface area contributed by atoms with Crippen molar-refractivity contribution in [1.29, 1.82) is 0 Å². The van der Waals surface area contributed by atoms with E-state index in [1.807, 2.05) is 6.92 Å². The highest BCUT2D eigenvalue weighted by Crippen LogP contribution is 2.28. The molecule has 0 bridgehead atoms. The molecule has 0 atom stereocenters. The zero-order valence-corrected chi connectivity index (χ0v) is 14.9. The molecule has 0 aromatic heterocycles. The fraction of sp³-hybridized carbons (Fsp3) is 0.786. The highest BCUT2D eigenvalue weighted by molar-refractivity contribution is 14.0. The molecule has 120 valence electrons. The summed E-state index contributed by atoms with van der Waals surface area (Å²) in [5, 5.41) is 6.36. The first-order valence-corrected chi connectivity index (χ1v) is 7.56. The first kappa shape index (κ1) is 18.2. The van der Waals surface area contributed by atoms with E-state index >= 15 is 0 Å². The van der Waals surface area contributed by atoms with E-state index in [2.05, 4.69) is 15.6 Å². The van der Waals surface area contributed by atoms with Crippen molar-refractivity contribution < 1.29 is 9.59 Å². The van der Waals surface area contributed by atoms with E-state index < -0.39 is 0 Å². The first-order chi connectivity index (χ1) is 9.70. The predicted octanol–water partition coefficient (Wildman–Crippen LogP) is 1.11. The molecule has 2 amide bonds. The van der Waals surface area contributed by atoms with Crippen LogP contribution in [0.5, 0.6) is 0 Å². The molecule has 0 aromatic rings. The molecule has 7 heteroatoms. The van der Waals surface area contributed by atoms with Crippen molar-refractivity contribution in [1.82, 2.24) is 15.5 Å². The molecule has 1 aliphatic carbocycles. The quantitative estimate of drug-likeness (QED) is 0.299. The highest BCUT2D eigenvalue weighted by atomic mass is 127. The zero-order chi connectivity index (χ0) is 14.4. The van der Waals surface area contributed by atoms with Crippen molar-refractivity contribution in [2.45, 2.75) is 39.0 Å². The number of nitrogens with one attached hydrogen (secondary N) is 2. The number of halogens is 1. The van der Waals surface area contributed by atoms with Crippen LogP contribution in [0.15, 0.2) is 4.99 Å². The van der Waals surface area contributed by atoms with Gasteiger partial charge >= 0.3 is 0 Å². The highest BCUT2D eigenvalue weighted by Gasteiger charge is 2.25. The molecule has 1 heterocycles. The standard InChI is InChI=1S/C14H24N4O2.HI/c1-2-15-14(17-10-11-6-7-11)16-8-9-18-12(19)4-3-5-13(18)20;/h11H,2-10H2,1H3,(H2,15,16,17);1H. The lowest BCUT2D eigenvalue weighted by Crippen LogP contribution is -2.46. The number of amides is 2. The maximum absolute atomic E-state index is 11.7. The maximum Gasteiger partial charge on any atom is 0.229 e. The molecular formula is C14H25IN4O2. The van der Waals surface area contributed by atoms with Gasteiger partial charge in [-0.05, 0) is 32.1 Å². The molecule has 0 aromatic carbocycles. The van der Waals surface area contributed by atoms with Gasteiger partial charge < -0.3 is 10.6 Å². The second kappa shape index (κ2) is 9.22. The summed E-state index contributed by atoms with van der Waals surface area (Å²) in [5.74, 6) is 1.41. The number of carbonyl (C=O) groups is 2. The van der Waals surface area contributed by atoms with Crippen molar-refractivity contribution >= 4 is 41.8 Å². The SMILES string of the molecule is CCNC(=NCC1CC1)NCCN1C(=O)CCCC1=O.I. The number of aliphatic imine (C=N–C) groups is 1. The summed E-state index contributed by atoms with van der Waals surface area (Å²) in [4.78, 5) is 29.2. The molecular weight excluding hydrogens is 383 g/mol. The average molecular weight is 408 g/mol. The molecule has 2 aliphatic rings. The van der Waals surface area contributed by atoms with Gasteiger partial charge in [0.25, 0.3) is 0 Å². The lowest BCUT2D eigenvalue weighted by Gasteiger charge is -2.25. The third kappa shape index (κ3) is 6.19. The Morgan fingerprint density at radius 2 is 1.90 bits per heavy atom. The zero-order valence-electron chi connectivity index (χ0n) is 12.6. The molecule has 0 spiro atoms. The maximum atomic E-state index is 11.7. The van der Waals surface area contributed by atoms with Gasteiger partial charge in [-0.2, -0.15) is 0 Å². The molecule has 1 aliphatic heterocycles. The number of imide groups is 1. The van der Waals surface area contributed by atoms with Gasteiger partial charge in [0.15, 0.2) is 5.96 Å². The summed E-state index contributed by atoms with van der Waals surface area (Å²) < 4.78 is 0. The molecule has 6 nitrogen and oxygen atoms in total. The number of hydrogen-bond acceptors (Lipinski definition) is 3. The molecule has 21 heavy (non-hydrogen) atoms. The molecule has 1 saturated heterocycles. The van der Waals surface area contributed by atoms with E-state index in [9.17, 15) is 9.59 Å². The van der Waals surface area contributed by atoms with Crippen molar-refractivity contribution in [3.05, 3.63) is 0 Å². The van der Waals surface area contributed by atoms with Crippen LogP contribution in [0.2, 0.25) is 0 Å². The fourth-order valence-corrected chi connectivity index (χ4v) is 2.20. The summed E-state index contributed by atoms with van der Waals surface area (Å²) in [6, 6.07) is 0. The predicted molar refractivity (Wildman–Crippen MR) is 92.7 cm³/mol. The van der Waals surface area contributed by atoms with Gasteiger partial charge in [0.05, 0.1) is 0 Å². The number of carbonyl (C=O) groups excluding carboxylic acids is 2. The Kier molecular flexibility index (Phi) is 7.98. The molecule has 2 N–H and O–H groups in total. The minimum absolute atomic E-state index is 0. The van der Waals surface area contributed by atoms with Gasteiger partial charge in [-0.1, -0.05) is 0 Å². The van der Waals surface area contributed by atoms with Crippen molar-refractivity contribution in [3.8, 4) is 0 Å². The Labute approximate surface area is 143 Å². The van der Waals surface area contributed by atoms with E-state index in [-0.39, 0.29) is 35.8 Å². The summed E-state index contributed by atoms with van der Waals surface area (Å²) in [6.45, 7) is 4.65. The van der Waals surface area contributed by atoms with E-state index in [1.54, 1.807) is 0 Å². The minimum Gasteiger partial charge on any atom is -0.357 e. The smallest absolute Gasteiger partial charge is 0.229 e. The van der Waals surface area contributed by atoms with Crippen molar-refractivity contribution in [3.63, 3.8) is 0 Å². The van der Waals surface area contributed by atoms with E-state index in [1.165, 1.54) is 17.7 Å². The van der Waals surface area contributed by atoms with Crippen LogP contribution in [-0.4, -0.2) is 48.9 Å². The number of piperidine rings is 1. The van der Waals surface area contributed by atoms with Crippen LogP contribution in [0.3, 0.4) is 0 Å². The van der Waals surface area contributed by atoms with Crippen LogP contribution in [0.4, 0.5) is 0 Å². The van der Waals surface area contributed by atoms with Gasteiger partial charge in [0.1, 0.15) is 0 Å². The second-order valence-electron chi connectivity index (χ2n) is 5.38. The second-order valence-corrected chi connectivity index (χ2v) is 5.38. The van der Waals surface area contributed by atoms with Gasteiger partial charge in [-0.3, -0.25) is 19.5 Å². The Hall–Kier alpha value is -0.860. The number of rotatable bonds is 6. The van der Waals surface area contributed by atoms with Crippen molar-refractivity contribution in [2.75, 3.05) is 26.2 Å². The Morgan fingerprint density at radius 3 is 2.48 bits per heavy atom. The summed E-state index contributed by atoms with van der Waals surface area (Å²) in [5.41, 5.74) is 0. The number of nitrogens with zero attached hydrogens (tertiary/aromatic N) is 2. The lowest BCUT2D eigenvalue weighted by atomic mass is 10.1. The molecule has 1 saturated carbocycles. The molecule has 2 rings (SSSR count). The summed E-state index contributed by atoms with van der Waals surface area (Å²) in [6.07, 6.45) is 4.22. The van der Waals surface area contributed by atoms with Crippen molar-refractivity contribution in [2.24, 2.45) is 10.9 Å². The van der Waals surface area contributed by atoms with E-state index in [0.29, 0.717) is 32.4 Å². The third-order valence-corrected chi connectivity index (χ3v) is 3.56. The van der Waals surface area contributed by atoms with Crippen LogP contribution in [0, 0.1) is 5.92 Å². The Bertz CT molecular complexity index is 380. The lowest BCUT2D eigenvalue weighted by molar-refractivity contribution is -0.147. The summed E-state index contributed by atoms with van der Waals surface area (Å²) >= 11 is 0. The van der Waals surface area contributed by atoms with Crippen LogP contribution in [0.25, 0.3) is 0 Å². The normalized spacial score (nSPS) is 19.3. The molecule has 2 fully saturated rings. The number of guanidine groups is 1. The molecule has 0 radical (unpaired) electrons. The first-order valence-electron chi connectivity index (χ1n) is 7.56. The topological polar surface area (TPSA) is 73.8 Å². The fourth-order valence-electron chi connectivity index (χ4n) is 2.20. The summed E-state index contributed by atoms with van der Waals surface area (Å²) in [7, 11) is 0. The van der Waals surface area contributed by atoms with Gasteiger partial charge in [-0.25, -0.2) is 0 Å². The van der Waals surface area contributed by atoms with Crippen LogP contribution >= 0.6 is 24.0 Å². The average Bonchev–Trinajstić information content (AvgIpc) is 3.23. The van der Waals surface area contributed by atoms with Crippen LogP contribution in [-0.2, 0) is 9.59 Å². The third-order valence-electron chi connectivity index (χ3n) is 3.56. The van der Waals surface area contributed by atoms with Crippen LogP contribution < -0.4 is 10.6 Å². The van der Waals surface area contributed by atoms with E-state index in [0.717, 1.165) is 25.0 Å². The molecule has 0 unspecified atom stereocenters. The minimum atomic E-state index is -0.0528. The monoisotopic (exact) mass is 408 g/mol. The largest absolute Gasteiger partial charge is 0.357 e. The Balaban J connectivity index is 0.00000220. The van der Waals surface area contributed by atoms with Gasteiger partial charge in [0, 0.05) is 39.0 Å². The van der Waals surface area contributed by atoms with Gasteiger partial charge in [-0.15, -0.1) is 24.0 Å². The van der Waals surface area contributed by atoms with E-state index in [4.69, 9.17) is 0 Å². The Morgan fingerprint density at radius 1 is 1.24 bits per heavy atom. The number of likely N-dealkylation sites (tertiary alicyclic amines) is 1. The van der Waals surface area contributed by atoms with Crippen LogP contribution in [0.1, 0.15) is 39.0 Å².